The van der Waals surface area contributed by atoms with Crippen LogP contribution in [0, 0.1) is 0 Å². The highest BCUT2D eigenvalue weighted by molar-refractivity contribution is 9.10. The topological polar surface area (TPSA) is 70.7 Å². The Morgan fingerprint density at radius 1 is 1.45 bits per heavy atom. The summed E-state index contributed by atoms with van der Waals surface area (Å²) >= 11 is 3.10. The predicted octanol–water partition coefficient (Wildman–Crippen LogP) is 2.01. The molecule has 1 aromatic rings. The van der Waals surface area contributed by atoms with Gasteiger partial charge < -0.3 is 5.11 Å². The molecule has 0 unspecified atom stereocenters. The number of nitrogens with zero attached hydrogens (tertiary/aromatic N) is 4. The van der Waals surface area contributed by atoms with Crippen LogP contribution in [0.1, 0.15) is 19.4 Å². The molecule has 0 spiro atoms. The summed E-state index contributed by atoms with van der Waals surface area (Å²) in [4.78, 5) is 12.2. The molecule has 1 aliphatic heterocycles. The molecule has 0 bridgehead atoms. The van der Waals surface area contributed by atoms with E-state index in [1.807, 2.05) is 0 Å². The maximum Gasteiger partial charge on any atom is 0.287 e. The van der Waals surface area contributed by atoms with Gasteiger partial charge in [0.1, 0.15) is 11.8 Å². The highest BCUT2D eigenvalue weighted by Gasteiger charge is 2.54. The van der Waals surface area contributed by atoms with Crippen molar-refractivity contribution in [3.63, 3.8) is 0 Å². The van der Waals surface area contributed by atoms with Gasteiger partial charge in [-0.2, -0.15) is 15.2 Å². The van der Waals surface area contributed by atoms with E-state index in [4.69, 9.17) is 0 Å². The summed E-state index contributed by atoms with van der Waals surface area (Å²) in [5, 5.41) is 16.9. The number of aromatic nitrogens is 2. The molecule has 0 aromatic carbocycles. The highest BCUT2D eigenvalue weighted by atomic mass is 79.9. The van der Waals surface area contributed by atoms with Gasteiger partial charge >= 0.3 is 0 Å². The second-order valence-corrected chi connectivity index (χ2v) is 5.63. The van der Waals surface area contributed by atoms with Crippen molar-refractivity contribution in [2.24, 2.45) is 5.10 Å². The van der Waals surface area contributed by atoms with Crippen LogP contribution in [0.15, 0.2) is 22.0 Å². The van der Waals surface area contributed by atoms with E-state index in [2.05, 4.69) is 26.1 Å². The number of halogens is 5. The van der Waals surface area contributed by atoms with E-state index in [9.17, 15) is 27.5 Å². The molecule has 1 amide bonds. The first-order valence-electron chi connectivity index (χ1n) is 6.06. The summed E-state index contributed by atoms with van der Waals surface area (Å²) in [6.45, 7) is 1.32. The summed E-state index contributed by atoms with van der Waals surface area (Å²) in [6.07, 6.45) is -4.94. The molecule has 0 saturated carbocycles. The summed E-state index contributed by atoms with van der Waals surface area (Å²) in [5.41, 5.74) is -4.05. The molecule has 22 heavy (non-hydrogen) atoms. The molecule has 122 valence electrons. The first-order valence-corrected chi connectivity index (χ1v) is 6.86. The Morgan fingerprint density at radius 2 is 2.09 bits per heavy atom. The van der Waals surface area contributed by atoms with Crippen molar-refractivity contribution < 1.29 is 27.5 Å². The number of carbonyl (C=O) groups is 1. The molecule has 6 nitrogen and oxygen atoms in total. The second kappa shape index (κ2) is 5.95. The molecule has 1 N–H and O–H groups in total. The lowest BCUT2D eigenvalue weighted by Crippen LogP contribution is -2.53. The van der Waals surface area contributed by atoms with Crippen LogP contribution in [0.5, 0.6) is 0 Å². The van der Waals surface area contributed by atoms with Crippen LogP contribution in [0.2, 0.25) is 0 Å². The van der Waals surface area contributed by atoms with E-state index in [1.54, 1.807) is 0 Å². The molecule has 2 rings (SSSR count). The molecule has 1 aromatic heterocycles. The van der Waals surface area contributed by atoms with E-state index in [0.717, 1.165) is 4.68 Å². The van der Waals surface area contributed by atoms with E-state index in [1.165, 1.54) is 19.3 Å². The Morgan fingerprint density at radius 3 is 2.55 bits per heavy atom. The van der Waals surface area contributed by atoms with Crippen LogP contribution in [0.25, 0.3) is 0 Å². The summed E-state index contributed by atoms with van der Waals surface area (Å²) in [6, 6.07) is -1.11. The molecule has 1 aliphatic rings. The number of rotatable bonds is 4. The number of alkyl halides is 4. The minimum absolute atomic E-state index is 0.0272. The maximum atomic E-state index is 13.0. The molecule has 0 aliphatic carbocycles. The van der Waals surface area contributed by atoms with Crippen LogP contribution in [-0.2, 0) is 4.79 Å². The van der Waals surface area contributed by atoms with Crippen molar-refractivity contribution in [3.8, 4) is 0 Å². The smallest absolute Gasteiger partial charge is 0.287 e. The number of amides is 1. The quantitative estimate of drug-likeness (QED) is 0.804. The first-order chi connectivity index (χ1) is 10.2. The van der Waals surface area contributed by atoms with Crippen LogP contribution in [-0.4, -0.2) is 50.1 Å². The van der Waals surface area contributed by atoms with Gasteiger partial charge in [-0.1, -0.05) is 0 Å². The van der Waals surface area contributed by atoms with E-state index >= 15 is 0 Å². The first kappa shape index (κ1) is 16.9. The Hall–Kier alpha value is -1.49. The van der Waals surface area contributed by atoms with Gasteiger partial charge in [-0.25, -0.2) is 17.6 Å². The Kier molecular flexibility index (Phi) is 4.57. The fourth-order valence-electron chi connectivity index (χ4n) is 1.94. The van der Waals surface area contributed by atoms with Crippen LogP contribution in [0.4, 0.5) is 17.6 Å². The number of hydrogen-bond acceptors (Lipinski definition) is 4. The van der Waals surface area contributed by atoms with Crippen molar-refractivity contribution in [1.29, 1.82) is 0 Å². The molecule has 11 heteroatoms. The van der Waals surface area contributed by atoms with Gasteiger partial charge in [-0.3, -0.25) is 9.48 Å². The number of aliphatic hydroxyl groups is 1. The SMILES string of the molecule is C[C@@H](C(=O)N1N=C(C(F)F)C[C@]1(O)C(F)F)n1cc(Br)cn1. The number of hydrogen-bond donors (Lipinski definition) is 1. The van der Waals surface area contributed by atoms with Gasteiger partial charge in [0.2, 0.25) is 5.72 Å². The monoisotopic (exact) mass is 386 g/mol. The summed E-state index contributed by atoms with van der Waals surface area (Å²) < 4.78 is 53.1. The van der Waals surface area contributed by atoms with Crippen molar-refractivity contribution in [3.05, 3.63) is 16.9 Å². The number of carbonyl (C=O) groups excluding carboxylic acids is 1. The van der Waals surface area contributed by atoms with Gasteiger partial charge in [-0.15, -0.1) is 0 Å². The predicted molar refractivity (Wildman–Crippen MR) is 70.5 cm³/mol. The van der Waals surface area contributed by atoms with E-state index in [0.29, 0.717) is 4.47 Å². The Bertz CT molecular complexity index is 609. The molecular formula is C11H11BrF4N4O2. The maximum absolute atomic E-state index is 13.0. The lowest BCUT2D eigenvalue weighted by atomic mass is 10.1. The van der Waals surface area contributed by atoms with Gasteiger partial charge in [-0.05, 0) is 22.9 Å². The third-order valence-corrected chi connectivity index (χ3v) is 3.58. The molecule has 2 atom stereocenters. The summed E-state index contributed by atoms with van der Waals surface area (Å²) in [7, 11) is 0. The van der Waals surface area contributed by atoms with Crippen molar-refractivity contribution in [1.82, 2.24) is 14.8 Å². The molecule has 0 fully saturated rings. The minimum atomic E-state index is -3.45. The zero-order valence-corrected chi connectivity index (χ0v) is 12.7. The molecule has 0 saturated heterocycles. The third-order valence-electron chi connectivity index (χ3n) is 3.17. The average Bonchev–Trinajstić information content (AvgIpc) is 3.02. The summed E-state index contributed by atoms with van der Waals surface area (Å²) in [5.74, 6) is -1.07. The van der Waals surface area contributed by atoms with Crippen LogP contribution >= 0.6 is 15.9 Å². The third kappa shape index (κ3) is 2.86. The average molecular weight is 387 g/mol. The molecule has 0 radical (unpaired) electrons. The zero-order valence-electron chi connectivity index (χ0n) is 11.1. The lowest BCUT2D eigenvalue weighted by Gasteiger charge is -2.31. The Balaban J connectivity index is 2.32. The van der Waals surface area contributed by atoms with Gasteiger partial charge in [0.05, 0.1) is 10.7 Å². The Labute approximate surface area is 130 Å². The van der Waals surface area contributed by atoms with Gasteiger partial charge in [0.15, 0.2) is 0 Å². The van der Waals surface area contributed by atoms with Crippen molar-refractivity contribution in [2.45, 2.75) is 38.0 Å². The minimum Gasteiger partial charge on any atom is -0.364 e. The molecular weight excluding hydrogens is 376 g/mol. The van der Waals surface area contributed by atoms with Crippen molar-refractivity contribution >= 4 is 27.5 Å². The van der Waals surface area contributed by atoms with Crippen LogP contribution in [0.3, 0.4) is 0 Å². The standard InChI is InChI=1S/C11H11BrF4N4O2/c1-5(19-4-6(12)3-17-19)9(21)20-11(22,10(15)16)2-7(18-20)8(13)14/h3-5,8,10,22H,2H2,1H3/t5-,11-/m0/s1. The number of hydrazone groups is 1. The van der Waals surface area contributed by atoms with E-state index < -0.39 is 42.7 Å². The highest BCUT2D eigenvalue weighted by Crippen LogP contribution is 2.34. The largest absolute Gasteiger partial charge is 0.364 e. The fourth-order valence-corrected chi connectivity index (χ4v) is 2.24. The van der Waals surface area contributed by atoms with Gasteiger partial charge in [0.25, 0.3) is 18.8 Å². The van der Waals surface area contributed by atoms with Crippen LogP contribution < -0.4 is 0 Å². The zero-order chi connectivity index (χ0) is 16.7. The fraction of sp³-hybridized carbons (Fsp3) is 0.545. The van der Waals surface area contributed by atoms with E-state index in [-0.39, 0.29) is 5.01 Å². The van der Waals surface area contributed by atoms with Gasteiger partial charge in [0, 0.05) is 12.6 Å². The normalized spacial score (nSPS) is 23.3. The lowest BCUT2D eigenvalue weighted by molar-refractivity contribution is -0.194. The molecule has 2 heterocycles. The second-order valence-electron chi connectivity index (χ2n) is 4.71. The van der Waals surface area contributed by atoms with Crippen molar-refractivity contribution in [2.75, 3.05) is 0 Å².